The molecule has 0 saturated heterocycles. The van der Waals surface area contributed by atoms with Gasteiger partial charge in [-0.25, -0.2) is 0 Å². The summed E-state index contributed by atoms with van der Waals surface area (Å²) in [6, 6.07) is 0. The predicted octanol–water partition coefficient (Wildman–Crippen LogP) is 2.00. The molecule has 0 aromatic carbocycles. The number of allylic oxidation sites excluding steroid dienone is 2. The van der Waals surface area contributed by atoms with Crippen molar-refractivity contribution in [3.63, 3.8) is 0 Å². The van der Waals surface area contributed by atoms with Gasteiger partial charge >= 0.3 is 0 Å². The SMILES string of the molecule is C=CCC(=C)[C]=S. The van der Waals surface area contributed by atoms with Gasteiger partial charge in [-0.2, -0.15) is 0 Å². The second-order valence-corrected chi connectivity index (χ2v) is 1.40. The zero-order valence-corrected chi connectivity index (χ0v) is 4.92. The Morgan fingerprint density at radius 1 is 1.86 bits per heavy atom. The van der Waals surface area contributed by atoms with Crippen LogP contribution in [0.1, 0.15) is 6.42 Å². The number of thiocarbonyl (C=S) groups is 1. The van der Waals surface area contributed by atoms with Crippen LogP contribution in [0.4, 0.5) is 0 Å². The van der Waals surface area contributed by atoms with Crippen LogP contribution in [0.25, 0.3) is 0 Å². The third kappa shape index (κ3) is 3.40. The molecule has 0 unspecified atom stereocenters. The lowest BCUT2D eigenvalue weighted by Gasteiger charge is -1.83. The fraction of sp³-hybridized carbons (Fsp3) is 0.167. The Bertz CT molecular complexity index is 92.4. The van der Waals surface area contributed by atoms with E-state index in [1.54, 1.807) is 6.08 Å². The van der Waals surface area contributed by atoms with Crippen molar-refractivity contribution in [1.29, 1.82) is 0 Å². The van der Waals surface area contributed by atoms with Gasteiger partial charge in [-0.1, -0.05) is 24.9 Å². The van der Waals surface area contributed by atoms with E-state index in [1.807, 2.05) is 0 Å². The lowest BCUT2D eigenvalue weighted by molar-refractivity contribution is 1.37. The smallest absolute Gasteiger partial charge is 0.0589 e. The van der Waals surface area contributed by atoms with Crippen molar-refractivity contribution in [2.45, 2.75) is 6.42 Å². The van der Waals surface area contributed by atoms with Gasteiger partial charge in [0, 0.05) is 0 Å². The summed E-state index contributed by atoms with van der Waals surface area (Å²) in [5.41, 5.74) is 0.824. The van der Waals surface area contributed by atoms with E-state index in [1.165, 1.54) is 0 Å². The van der Waals surface area contributed by atoms with Crippen molar-refractivity contribution in [2.75, 3.05) is 0 Å². The molecule has 0 saturated carbocycles. The zero-order valence-electron chi connectivity index (χ0n) is 4.11. The highest BCUT2D eigenvalue weighted by Crippen LogP contribution is 1.92. The molecule has 0 aromatic heterocycles. The minimum atomic E-state index is 0.753. The Morgan fingerprint density at radius 3 is 2.57 bits per heavy atom. The maximum Gasteiger partial charge on any atom is 0.0589 e. The molecule has 0 aromatic rings. The second-order valence-electron chi connectivity index (χ2n) is 1.20. The van der Waals surface area contributed by atoms with Gasteiger partial charge in [0.05, 0.1) is 5.37 Å². The normalized spacial score (nSPS) is 7.43. The topological polar surface area (TPSA) is 0 Å². The van der Waals surface area contributed by atoms with E-state index in [4.69, 9.17) is 0 Å². The molecule has 0 aliphatic heterocycles. The molecule has 0 heterocycles. The van der Waals surface area contributed by atoms with Crippen LogP contribution < -0.4 is 0 Å². The first kappa shape index (κ1) is 6.57. The molecule has 0 amide bonds. The quantitative estimate of drug-likeness (QED) is 0.305. The summed E-state index contributed by atoms with van der Waals surface area (Å²) in [7, 11) is 0. The molecule has 0 fully saturated rings. The summed E-state index contributed by atoms with van der Waals surface area (Å²) in [5, 5.41) is 2.48. The van der Waals surface area contributed by atoms with Crippen LogP contribution >= 0.6 is 12.2 Å². The molecule has 0 aliphatic rings. The van der Waals surface area contributed by atoms with Crippen molar-refractivity contribution in [1.82, 2.24) is 0 Å². The third-order valence-electron chi connectivity index (χ3n) is 0.535. The standard InChI is InChI=1S/C6H7S/c1-3-4-6(2)5-7/h3H,1-2,4H2. The molecular weight excluding hydrogens is 104 g/mol. The summed E-state index contributed by atoms with van der Waals surface area (Å²) in [4.78, 5) is 0. The van der Waals surface area contributed by atoms with Crippen LogP contribution in [0.3, 0.4) is 0 Å². The Labute approximate surface area is 49.5 Å². The molecule has 0 rings (SSSR count). The Morgan fingerprint density at radius 2 is 2.43 bits per heavy atom. The monoisotopic (exact) mass is 111 g/mol. The van der Waals surface area contributed by atoms with Gasteiger partial charge < -0.3 is 0 Å². The first-order chi connectivity index (χ1) is 3.31. The molecule has 0 nitrogen and oxygen atoms in total. The highest BCUT2D eigenvalue weighted by atomic mass is 32.1. The molecule has 0 bridgehead atoms. The van der Waals surface area contributed by atoms with Crippen molar-refractivity contribution in [2.24, 2.45) is 0 Å². The van der Waals surface area contributed by atoms with Crippen LogP contribution in [0.5, 0.6) is 0 Å². The van der Waals surface area contributed by atoms with Crippen LogP contribution in [-0.2, 0) is 0 Å². The van der Waals surface area contributed by atoms with Gasteiger partial charge in [0.1, 0.15) is 0 Å². The lowest BCUT2D eigenvalue weighted by Crippen LogP contribution is -1.72. The van der Waals surface area contributed by atoms with Crippen molar-refractivity contribution < 1.29 is 0 Å². The highest BCUT2D eigenvalue weighted by Gasteiger charge is 1.78. The van der Waals surface area contributed by atoms with Gasteiger partial charge in [-0.3, -0.25) is 0 Å². The lowest BCUT2D eigenvalue weighted by atomic mass is 10.2. The van der Waals surface area contributed by atoms with Crippen LogP contribution in [-0.4, -0.2) is 5.37 Å². The van der Waals surface area contributed by atoms with Crippen molar-refractivity contribution in [3.8, 4) is 0 Å². The Hall–Kier alpha value is -0.430. The fourth-order valence-corrected chi connectivity index (χ4v) is 0.299. The average molecular weight is 111 g/mol. The largest absolute Gasteiger partial charge is 0.103 e. The average Bonchev–Trinajstić information content (AvgIpc) is 1.68. The van der Waals surface area contributed by atoms with E-state index >= 15 is 0 Å². The molecule has 1 heteroatoms. The van der Waals surface area contributed by atoms with E-state index in [0.29, 0.717) is 0 Å². The van der Waals surface area contributed by atoms with Crippen LogP contribution in [0.15, 0.2) is 24.8 Å². The van der Waals surface area contributed by atoms with E-state index in [2.05, 4.69) is 30.7 Å². The molecule has 0 spiro atoms. The van der Waals surface area contributed by atoms with Gasteiger partial charge in [0.15, 0.2) is 0 Å². The maximum absolute atomic E-state index is 4.44. The molecule has 0 aliphatic carbocycles. The minimum Gasteiger partial charge on any atom is -0.103 e. The number of hydrogen-bond acceptors (Lipinski definition) is 1. The molecular formula is C6H7S. The molecule has 0 atom stereocenters. The third-order valence-corrected chi connectivity index (χ3v) is 0.824. The van der Waals surface area contributed by atoms with E-state index in [9.17, 15) is 0 Å². The predicted molar refractivity (Wildman–Crippen MR) is 36.6 cm³/mol. The van der Waals surface area contributed by atoms with E-state index < -0.39 is 0 Å². The molecule has 0 N–H and O–H groups in total. The molecule has 7 heavy (non-hydrogen) atoms. The summed E-state index contributed by atoms with van der Waals surface area (Å²) >= 11 is 4.44. The molecule has 37 valence electrons. The number of rotatable bonds is 3. The summed E-state index contributed by atoms with van der Waals surface area (Å²) < 4.78 is 0. The maximum atomic E-state index is 4.44. The van der Waals surface area contributed by atoms with E-state index in [-0.39, 0.29) is 0 Å². The minimum absolute atomic E-state index is 0.753. The first-order valence-corrected chi connectivity index (χ1v) is 2.39. The van der Waals surface area contributed by atoms with Crippen LogP contribution in [0, 0.1) is 0 Å². The molecule has 1 radical (unpaired) electrons. The summed E-state index contributed by atoms with van der Waals surface area (Å²) in [6.45, 7) is 7.08. The van der Waals surface area contributed by atoms with Gasteiger partial charge in [-0.15, -0.1) is 6.58 Å². The summed E-state index contributed by atoms with van der Waals surface area (Å²) in [6.07, 6.45) is 2.51. The highest BCUT2D eigenvalue weighted by molar-refractivity contribution is 7.79. The van der Waals surface area contributed by atoms with Crippen molar-refractivity contribution in [3.05, 3.63) is 24.8 Å². The summed E-state index contributed by atoms with van der Waals surface area (Å²) in [5.74, 6) is 0. The Kier molecular flexibility index (Phi) is 3.52. The van der Waals surface area contributed by atoms with Gasteiger partial charge in [-0.05, 0) is 12.0 Å². The van der Waals surface area contributed by atoms with Crippen molar-refractivity contribution >= 4 is 17.6 Å². The van der Waals surface area contributed by atoms with E-state index in [0.717, 1.165) is 12.0 Å². The fourth-order valence-electron chi connectivity index (χ4n) is 0.216. The van der Waals surface area contributed by atoms with Gasteiger partial charge in [0.2, 0.25) is 0 Å². The zero-order chi connectivity index (χ0) is 5.70. The Balaban J connectivity index is 3.36. The first-order valence-electron chi connectivity index (χ1n) is 1.98. The van der Waals surface area contributed by atoms with Crippen LogP contribution in [0.2, 0.25) is 0 Å². The van der Waals surface area contributed by atoms with Gasteiger partial charge in [0.25, 0.3) is 0 Å². The second kappa shape index (κ2) is 3.75. The number of hydrogen-bond donors (Lipinski definition) is 0.